The molecule has 5 heteroatoms. The molecule has 2 aliphatic rings. The summed E-state index contributed by atoms with van der Waals surface area (Å²) >= 11 is 0. The molecule has 0 bridgehead atoms. The fraction of sp³-hybridized carbons (Fsp3) is 0.435. The van der Waals surface area contributed by atoms with Crippen LogP contribution >= 0.6 is 0 Å². The Morgan fingerprint density at radius 3 is 2.14 bits per heavy atom. The van der Waals surface area contributed by atoms with Gasteiger partial charge in [0.1, 0.15) is 5.82 Å². The lowest BCUT2D eigenvalue weighted by Crippen LogP contribution is -2.51. The second kappa shape index (κ2) is 8.74. The summed E-state index contributed by atoms with van der Waals surface area (Å²) in [5, 5.41) is 0. The van der Waals surface area contributed by atoms with Gasteiger partial charge in [0.25, 0.3) is 0 Å². The Morgan fingerprint density at radius 2 is 1.50 bits per heavy atom. The smallest absolute Gasteiger partial charge is 0.225 e. The summed E-state index contributed by atoms with van der Waals surface area (Å²) in [6, 6.07) is 17.2. The Kier molecular flexibility index (Phi) is 5.91. The number of rotatable bonds is 4. The number of likely N-dealkylation sites (tertiary alicyclic amines) is 1. The Bertz CT molecular complexity index is 764. The van der Waals surface area contributed by atoms with Crippen LogP contribution in [0.4, 0.5) is 10.1 Å². The molecule has 0 spiro atoms. The first-order valence-electron chi connectivity index (χ1n) is 10.2. The molecule has 0 saturated carbocycles. The van der Waals surface area contributed by atoms with Crippen molar-refractivity contribution < 1.29 is 9.18 Å². The van der Waals surface area contributed by atoms with E-state index in [4.69, 9.17) is 0 Å². The van der Waals surface area contributed by atoms with E-state index in [-0.39, 0.29) is 11.7 Å². The molecule has 4 nitrogen and oxygen atoms in total. The first kappa shape index (κ1) is 18.9. The number of amides is 1. The van der Waals surface area contributed by atoms with Gasteiger partial charge in [0.15, 0.2) is 0 Å². The van der Waals surface area contributed by atoms with E-state index >= 15 is 0 Å². The highest BCUT2D eigenvalue weighted by molar-refractivity contribution is 5.79. The summed E-state index contributed by atoms with van der Waals surface area (Å²) in [5.74, 6) is 0.263. The number of carbonyl (C=O) groups excluding carboxylic acids is 1. The van der Waals surface area contributed by atoms with Crippen molar-refractivity contribution in [3.63, 3.8) is 0 Å². The van der Waals surface area contributed by atoms with Crippen LogP contribution in [0.15, 0.2) is 54.6 Å². The SMILES string of the molecule is O=C(C1CCN(Cc2ccccc2)CC1)N1CCN(c2ccc(F)cc2)CC1. The van der Waals surface area contributed by atoms with E-state index in [1.54, 1.807) is 0 Å². The zero-order chi connectivity index (χ0) is 19.3. The van der Waals surface area contributed by atoms with Gasteiger partial charge in [0, 0.05) is 44.3 Å². The average molecular weight is 381 g/mol. The molecule has 2 aromatic rings. The number of benzene rings is 2. The largest absolute Gasteiger partial charge is 0.368 e. The van der Waals surface area contributed by atoms with E-state index in [9.17, 15) is 9.18 Å². The molecular weight excluding hydrogens is 353 g/mol. The van der Waals surface area contributed by atoms with Crippen LogP contribution in [0.1, 0.15) is 18.4 Å². The molecule has 148 valence electrons. The predicted molar refractivity (Wildman–Crippen MR) is 110 cm³/mol. The second-order valence-electron chi connectivity index (χ2n) is 7.82. The summed E-state index contributed by atoms with van der Waals surface area (Å²) in [6.45, 7) is 6.06. The molecule has 0 unspecified atom stereocenters. The molecule has 4 rings (SSSR count). The maximum atomic E-state index is 13.1. The Balaban J connectivity index is 1.24. The van der Waals surface area contributed by atoms with Crippen LogP contribution in [0.2, 0.25) is 0 Å². The number of piperidine rings is 1. The van der Waals surface area contributed by atoms with Crippen LogP contribution in [-0.2, 0) is 11.3 Å². The molecule has 2 aliphatic heterocycles. The number of nitrogens with zero attached hydrogens (tertiary/aromatic N) is 3. The third kappa shape index (κ3) is 4.53. The van der Waals surface area contributed by atoms with E-state index in [2.05, 4.69) is 34.1 Å². The van der Waals surface area contributed by atoms with Crippen LogP contribution in [0.5, 0.6) is 0 Å². The van der Waals surface area contributed by atoms with Gasteiger partial charge in [-0.3, -0.25) is 9.69 Å². The maximum Gasteiger partial charge on any atom is 0.225 e. The predicted octanol–water partition coefficient (Wildman–Crippen LogP) is 3.39. The van der Waals surface area contributed by atoms with Gasteiger partial charge < -0.3 is 9.80 Å². The molecule has 0 aromatic heterocycles. The number of hydrogen-bond acceptors (Lipinski definition) is 3. The van der Waals surface area contributed by atoms with E-state index in [0.717, 1.165) is 64.3 Å². The number of carbonyl (C=O) groups is 1. The van der Waals surface area contributed by atoms with Crippen molar-refractivity contribution in [3.05, 3.63) is 66.0 Å². The van der Waals surface area contributed by atoms with Crippen molar-refractivity contribution in [2.45, 2.75) is 19.4 Å². The van der Waals surface area contributed by atoms with Crippen molar-refractivity contribution in [2.24, 2.45) is 5.92 Å². The summed E-state index contributed by atoms with van der Waals surface area (Å²) in [7, 11) is 0. The number of halogens is 1. The standard InChI is InChI=1S/C23H28FN3O/c24-21-6-8-22(9-7-21)26-14-16-27(17-15-26)23(28)20-10-12-25(13-11-20)18-19-4-2-1-3-5-19/h1-9,20H,10-18H2. The van der Waals surface area contributed by atoms with Crippen LogP contribution in [0.3, 0.4) is 0 Å². The van der Waals surface area contributed by atoms with Gasteiger partial charge in [0.2, 0.25) is 5.91 Å². The molecule has 0 radical (unpaired) electrons. The van der Waals surface area contributed by atoms with E-state index in [0.29, 0.717) is 5.91 Å². The fourth-order valence-electron chi connectivity index (χ4n) is 4.27. The molecule has 2 fully saturated rings. The number of hydrogen-bond donors (Lipinski definition) is 0. The molecule has 0 aliphatic carbocycles. The quantitative estimate of drug-likeness (QED) is 0.812. The summed E-state index contributed by atoms with van der Waals surface area (Å²) in [5.41, 5.74) is 2.37. The summed E-state index contributed by atoms with van der Waals surface area (Å²) in [6.07, 6.45) is 1.90. The van der Waals surface area contributed by atoms with Crippen molar-refractivity contribution in [1.29, 1.82) is 0 Å². The van der Waals surface area contributed by atoms with Gasteiger partial charge in [-0.2, -0.15) is 0 Å². The molecular formula is C23H28FN3O. The minimum absolute atomic E-state index is 0.157. The lowest BCUT2D eigenvalue weighted by molar-refractivity contribution is -0.137. The van der Waals surface area contributed by atoms with Crippen LogP contribution < -0.4 is 4.90 Å². The van der Waals surface area contributed by atoms with Crippen LogP contribution in [0.25, 0.3) is 0 Å². The first-order valence-corrected chi connectivity index (χ1v) is 10.2. The van der Waals surface area contributed by atoms with E-state index in [1.165, 1.54) is 17.7 Å². The minimum Gasteiger partial charge on any atom is -0.368 e. The third-order valence-electron chi connectivity index (χ3n) is 5.97. The number of anilines is 1. The monoisotopic (exact) mass is 381 g/mol. The van der Waals surface area contributed by atoms with Gasteiger partial charge in [0.05, 0.1) is 0 Å². The van der Waals surface area contributed by atoms with E-state index < -0.39 is 0 Å². The lowest BCUT2D eigenvalue weighted by Gasteiger charge is -2.39. The van der Waals surface area contributed by atoms with Crippen LogP contribution in [0, 0.1) is 11.7 Å². The number of piperazine rings is 1. The minimum atomic E-state index is -0.212. The normalized spacial score (nSPS) is 19.0. The molecule has 0 N–H and O–H groups in total. The first-order chi connectivity index (χ1) is 13.7. The van der Waals surface area contributed by atoms with Gasteiger partial charge in [-0.15, -0.1) is 0 Å². The molecule has 2 aromatic carbocycles. The molecule has 0 atom stereocenters. The van der Waals surface area contributed by atoms with Crippen molar-refractivity contribution >= 4 is 11.6 Å². The Morgan fingerprint density at radius 1 is 0.857 bits per heavy atom. The van der Waals surface area contributed by atoms with Crippen molar-refractivity contribution in [3.8, 4) is 0 Å². The van der Waals surface area contributed by atoms with Crippen LogP contribution in [-0.4, -0.2) is 55.0 Å². The van der Waals surface area contributed by atoms with Gasteiger partial charge in [-0.1, -0.05) is 30.3 Å². The Labute approximate surface area is 166 Å². The summed E-state index contributed by atoms with van der Waals surface area (Å²) in [4.78, 5) is 19.6. The zero-order valence-corrected chi connectivity index (χ0v) is 16.3. The highest BCUT2D eigenvalue weighted by Crippen LogP contribution is 2.23. The van der Waals surface area contributed by atoms with Gasteiger partial charge >= 0.3 is 0 Å². The molecule has 2 heterocycles. The molecule has 1 amide bonds. The summed E-state index contributed by atoms with van der Waals surface area (Å²) < 4.78 is 13.1. The fourth-order valence-corrected chi connectivity index (χ4v) is 4.27. The topological polar surface area (TPSA) is 26.8 Å². The molecule has 28 heavy (non-hydrogen) atoms. The van der Waals surface area contributed by atoms with E-state index in [1.807, 2.05) is 23.1 Å². The average Bonchev–Trinajstić information content (AvgIpc) is 2.75. The van der Waals surface area contributed by atoms with Gasteiger partial charge in [-0.05, 0) is 55.8 Å². The van der Waals surface area contributed by atoms with Gasteiger partial charge in [-0.25, -0.2) is 4.39 Å². The van der Waals surface area contributed by atoms with Crippen molar-refractivity contribution in [1.82, 2.24) is 9.80 Å². The second-order valence-corrected chi connectivity index (χ2v) is 7.82. The maximum absolute atomic E-state index is 13.1. The third-order valence-corrected chi connectivity index (χ3v) is 5.97. The zero-order valence-electron chi connectivity index (χ0n) is 16.3. The van der Waals surface area contributed by atoms with Crippen molar-refractivity contribution in [2.75, 3.05) is 44.2 Å². The highest BCUT2D eigenvalue weighted by Gasteiger charge is 2.30. The highest BCUT2D eigenvalue weighted by atomic mass is 19.1. The lowest BCUT2D eigenvalue weighted by atomic mass is 9.94. The molecule has 2 saturated heterocycles. The Hall–Kier alpha value is -2.40.